The average Bonchev–Trinajstić information content (AvgIpc) is 2.39. The number of amides is 1. The van der Waals surface area contributed by atoms with E-state index in [0.717, 1.165) is 18.9 Å². The summed E-state index contributed by atoms with van der Waals surface area (Å²) in [5.74, 6) is 0.717. The van der Waals surface area contributed by atoms with Gasteiger partial charge in [0.1, 0.15) is 11.5 Å². The highest BCUT2D eigenvalue weighted by atomic mass is 16.5. The van der Waals surface area contributed by atoms with Gasteiger partial charge in [-0.15, -0.1) is 0 Å². The molecule has 0 unspecified atom stereocenters. The van der Waals surface area contributed by atoms with Crippen molar-refractivity contribution < 1.29 is 9.53 Å². The number of nitrogens with one attached hydrogen (secondary N) is 1. The van der Waals surface area contributed by atoms with E-state index in [0.29, 0.717) is 18.9 Å². The van der Waals surface area contributed by atoms with Gasteiger partial charge in [-0.3, -0.25) is 4.79 Å². The summed E-state index contributed by atoms with van der Waals surface area (Å²) >= 11 is 0. The van der Waals surface area contributed by atoms with Gasteiger partial charge in [-0.05, 0) is 26.0 Å². The van der Waals surface area contributed by atoms with Gasteiger partial charge in [-0.1, -0.05) is 6.07 Å². The van der Waals surface area contributed by atoms with Crippen LogP contribution in [0.3, 0.4) is 0 Å². The molecular formula is C13H19N3O2. The smallest absolute Gasteiger partial charge is 0.270 e. The lowest BCUT2D eigenvalue weighted by atomic mass is 10.3. The van der Waals surface area contributed by atoms with E-state index in [1.165, 1.54) is 0 Å². The lowest BCUT2D eigenvalue weighted by molar-refractivity contribution is 0.0938. The lowest BCUT2D eigenvalue weighted by Gasteiger charge is -2.27. The molecule has 0 spiro atoms. The van der Waals surface area contributed by atoms with Crippen molar-refractivity contribution in [3.63, 3.8) is 0 Å². The zero-order valence-corrected chi connectivity index (χ0v) is 10.8. The second kappa shape index (κ2) is 5.82. The maximum atomic E-state index is 11.9. The molecule has 0 aliphatic carbocycles. The number of aromatic nitrogens is 1. The molecule has 5 heteroatoms. The summed E-state index contributed by atoms with van der Waals surface area (Å²) < 4.78 is 5.30. The average molecular weight is 249 g/mol. The molecule has 1 aromatic heterocycles. The van der Waals surface area contributed by atoms with Gasteiger partial charge in [0.15, 0.2) is 0 Å². The minimum absolute atomic E-state index is 0.117. The lowest BCUT2D eigenvalue weighted by Crippen LogP contribution is -2.37. The number of carbonyl (C=O) groups is 1. The molecule has 5 nitrogen and oxygen atoms in total. The molecule has 0 aromatic carbocycles. The molecular weight excluding hydrogens is 230 g/mol. The first kappa shape index (κ1) is 12.8. The highest BCUT2D eigenvalue weighted by molar-refractivity contribution is 5.92. The Morgan fingerprint density at radius 1 is 1.39 bits per heavy atom. The summed E-state index contributed by atoms with van der Waals surface area (Å²) in [7, 11) is 0. The summed E-state index contributed by atoms with van der Waals surface area (Å²) in [6, 6.07) is 5.65. The fourth-order valence-corrected chi connectivity index (χ4v) is 1.85. The first-order chi connectivity index (χ1) is 8.66. The summed E-state index contributed by atoms with van der Waals surface area (Å²) in [5.41, 5.74) is 0.465. The van der Waals surface area contributed by atoms with Crippen molar-refractivity contribution in [3.05, 3.63) is 23.9 Å². The first-order valence-corrected chi connectivity index (χ1v) is 6.27. The molecule has 2 rings (SSSR count). The van der Waals surface area contributed by atoms with Gasteiger partial charge in [-0.25, -0.2) is 4.98 Å². The molecule has 1 saturated heterocycles. The Morgan fingerprint density at radius 3 is 2.78 bits per heavy atom. The van der Waals surface area contributed by atoms with E-state index in [1.54, 1.807) is 6.07 Å². The molecule has 1 aromatic rings. The Morgan fingerprint density at radius 2 is 2.11 bits per heavy atom. The third kappa shape index (κ3) is 3.20. The van der Waals surface area contributed by atoms with Crippen LogP contribution in [-0.4, -0.2) is 43.2 Å². The monoisotopic (exact) mass is 249 g/mol. The van der Waals surface area contributed by atoms with E-state index >= 15 is 0 Å². The number of anilines is 1. The highest BCUT2D eigenvalue weighted by Crippen LogP contribution is 2.13. The molecule has 1 amide bonds. The predicted molar refractivity (Wildman–Crippen MR) is 69.9 cm³/mol. The van der Waals surface area contributed by atoms with Gasteiger partial charge in [0.05, 0.1) is 13.2 Å². The third-order valence-corrected chi connectivity index (χ3v) is 2.72. The number of pyridine rings is 1. The second-order valence-corrected chi connectivity index (χ2v) is 4.61. The molecule has 98 valence electrons. The quantitative estimate of drug-likeness (QED) is 0.870. The van der Waals surface area contributed by atoms with Crippen LogP contribution in [0.2, 0.25) is 0 Å². The van der Waals surface area contributed by atoms with E-state index in [4.69, 9.17) is 4.74 Å². The topological polar surface area (TPSA) is 54.5 Å². The highest BCUT2D eigenvalue weighted by Gasteiger charge is 2.14. The van der Waals surface area contributed by atoms with Gasteiger partial charge < -0.3 is 15.0 Å². The molecule has 18 heavy (non-hydrogen) atoms. The van der Waals surface area contributed by atoms with Gasteiger partial charge in [0, 0.05) is 19.1 Å². The van der Waals surface area contributed by atoms with E-state index < -0.39 is 0 Å². The fourth-order valence-electron chi connectivity index (χ4n) is 1.85. The Hall–Kier alpha value is -1.62. The fraction of sp³-hybridized carbons (Fsp3) is 0.538. The zero-order chi connectivity index (χ0) is 13.0. The van der Waals surface area contributed by atoms with E-state index in [2.05, 4.69) is 15.2 Å². The largest absolute Gasteiger partial charge is 0.378 e. The van der Waals surface area contributed by atoms with Crippen molar-refractivity contribution in [3.8, 4) is 0 Å². The van der Waals surface area contributed by atoms with Gasteiger partial charge >= 0.3 is 0 Å². The third-order valence-electron chi connectivity index (χ3n) is 2.72. The van der Waals surface area contributed by atoms with Crippen molar-refractivity contribution in [1.29, 1.82) is 0 Å². The van der Waals surface area contributed by atoms with Gasteiger partial charge in [0.2, 0.25) is 0 Å². The van der Waals surface area contributed by atoms with Crippen LogP contribution in [0.15, 0.2) is 18.2 Å². The van der Waals surface area contributed by atoms with E-state index in [-0.39, 0.29) is 11.9 Å². The minimum atomic E-state index is -0.125. The standard InChI is InChI=1S/C13H19N3O2/c1-10(2)14-13(17)11-4-3-5-12(15-11)16-6-8-18-9-7-16/h3-5,10H,6-9H2,1-2H3,(H,14,17). The number of ether oxygens (including phenoxy) is 1. The van der Waals surface area contributed by atoms with Crippen molar-refractivity contribution in [2.24, 2.45) is 0 Å². The van der Waals surface area contributed by atoms with Crippen LogP contribution in [0.5, 0.6) is 0 Å². The minimum Gasteiger partial charge on any atom is -0.378 e. The molecule has 1 aliphatic rings. The van der Waals surface area contributed by atoms with Gasteiger partial charge in [-0.2, -0.15) is 0 Å². The van der Waals surface area contributed by atoms with E-state index in [9.17, 15) is 4.79 Å². The number of rotatable bonds is 3. The van der Waals surface area contributed by atoms with Crippen LogP contribution < -0.4 is 10.2 Å². The van der Waals surface area contributed by atoms with Crippen LogP contribution in [0, 0.1) is 0 Å². The summed E-state index contributed by atoms with van der Waals surface area (Å²) in [4.78, 5) is 18.4. The maximum absolute atomic E-state index is 11.9. The van der Waals surface area contributed by atoms with Crippen LogP contribution >= 0.6 is 0 Å². The SMILES string of the molecule is CC(C)NC(=O)c1cccc(N2CCOCC2)n1. The number of carbonyl (C=O) groups excluding carboxylic acids is 1. The van der Waals surface area contributed by atoms with Crippen molar-refractivity contribution in [1.82, 2.24) is 10.3 Å². The number of hydrogen-bond donors (Lipinski definition) is 1. The Labute approximate surface area is 107 Å². The molecule has 0 bridgehead atoms. The molecule has 0 atom stereocenters. The molecule has 2 heterocycles. The van der Waals surface area contributed by atoms with Crippen molar-refractivity contribution in [2.75, 3.05) is 31.2 Å². The Bertz CT molecular complexity index is 414. The first-order valence-electron chi connectivity index (χ1n) is 6.27. The Kier molecular flexibility index (Phi) is 4.15. The molecule has 1 fully saturated rings. The van der Waals surface area contributed by atoms with Gasteiger partial charge in [0.25, 0.3) is 5.91 Å². The summed E-state index contributed by atoms with van der Waals surface area (Å²) in [6.07, 6.45) is 0. The van der Waals surface area contributed by atoms with Crippen LogP contribution in [0.1, 0.15) is 24.3 Å². The zero-order valence-electron chi connectivity index (χ0n) is 10.8. The van der Waals surface area contributed by atoms with Crippen molar-refractivity contribution in [2.45, 2.75) is 19.9 Å². The van der Waals surface area contributed by atoms with Crippen molar-refractivity contribution >= 4 is 11.7 Å². The van der Waals surface area contributed by atoms with Crippen LogP contribution in [-0.2, 0) is 4.74 Å². The number of morpholine rings is 1. The number of hydrogen-bond acceptors (Lipinski definition) is 4. The predicted octanol–water partition coefficient (Wildman–Crippen LogP) is 1.06. The Balaban J connectivity index is 2.11. The van der Waals surface area contributed by atoms with Crippen LogP contribution in [0.25, 0.3) is 0 Å². The molecule has 0 saturated carbocycles. The maximum Gasteiger partial charge on any atom is 0.270 e. The molecule has 1 N–H and O–H groups in total. The molecule has 1 aliphatic heterocycles. The number of nitrogens with zero attached hydrogens (tertiary/aromatic N) is 2. The normalized spacial score (nSPS) is 15.8. The molecule has 0 radical (unpaired) electrons. The summed E-state index contributed by atoms with van der Waals surface area (Å²) in [5, 5.41) is 2.84. The van der Waals surface area contributed by atoms with Crippen LogP contribution in [0.4, 0.5) is 5.82 Å². The van der Waals surface area contributed by atoms with E-state index in [1.807, 2.05) is 26.0 Å². The summed E-state index contributed by atoms with van der Waals surface area (Å²) in [6.45, 7) is 6.94. The second-order valence-electron chi connectivity index (χ2n) is 4.61.